The zero-order valence-corrected chi connectivity index (χ0v) is 13.0. The predicted octanol–water partition coefficient (Wildman–Crippen LogP) is 4.85. The maximum Gasteiger partial charge on any atom is 0.0667 e. The minimum atomic E-state index is -1.25. The lowest BCUT2D eigenvalue weighted by Crippen LogP contribution is -2.51. The summed E-state index contributed by atoms with van der Waals surface area (Å²) in [5, 5.41) is 0. The van der Waals surface area contributed by atoms with E-state index in [1.807, 2.05) is 0 Å². The third-order valence-corrected chi connectivity index (χ3v) is 12.7. The monoisotopic (exact) mass is 242 g/mol. The molecular formula is C14H30OSi. The highest BCUT2D eigenvalue weighted by Crippen LogP contribution is 2.51. The van der Waals surface area contributed by atoms with E-state index in [2.05, 4.69) is 41.5 Å². The first-order valence-corrected chi connectivity index (χ1v) is 9.32. The molecule has 0 amide bonds. The van der Waals surface area contributed by atoms with E-state index >= 15 is 0 Å². The largest absolute Gasteiger partial charge is 0.381 e. The Balaban J connectivity index is 2.99. The Labute approximate surface area is 103 Å². The first kappa shape index (κ1) is 14.2. The minimum Gasteiger partial charge on any atom is -0.381 e. The summed E-state index contributed by atoms with van der Waals surface area (Å²) in [5.41, 5.74) is 3.51. The van der Waals surface area contributed by atoms with Gasteiger partial charge in [0.15, 0.2) is 0 Å². The topological polar surface area (TPSA) is 9.23 Å². The summed E-state index contributed by atoms with van der Waals surface area (Å²) < 4.78 is 5.77. The highest BCUT2D eigenvalue weighted by atomic mass is 28.3. The molecule has 0 aliphatic carbocycles. The molecule has 0 radical (unpaired) electrons. The summed E-state index contributed by atoms with van der Waals surface area (Å²) in [7, 11) is -1.25. The fourth-order valence-corrected chi connectivity index (χ4v) is 12.5. The summed E-state index contributed by atoms with van der Waals surface area (Å²) in [4.78, 5) is 0. The van der Waals surface area contributed by atoms with E-state index in [-0.39, 0.29) is 0 Å². The molecule has 1 nitrogen and oxygen atoms in total. The Morgan fingerprint density at radius 1 is 0.938 bits per heavy atom. The molecule has 1 saturated heterocycles. The summed E-state index contributed by atoms with van der Waals surface area (Å²) in [6, 6.07) is 0. The van der Waals surface area contributed by atoms with Gasteiger partial charge in [-0.1, -0.05) is 58.2 Å². The molecule has 0 aromatic carbocycles. The van der Waals surface area contributed by atoms with Crippen molar-refractivity contribution in [3.8, 4) is 0 Å². The second kappa shape index (κ2) is 5.68. The van der Waals surface area contributed by atoms with E-state index in [0.29, 0.717) is 0 Å². The smallest absolute Gasteiger partial charge is 0.0667 e. The van der Waals surface area contributed by atoms with Crippen LogP contribution >= 0.6 is 0 Å². The van der Waals surface area contributed by atoms with Crippen molar-refractivity contribution in [1.82, 2.24) is 0 Å². The molecule has 0 aromatic heterocycles. The molecule has 1 rings (SSSR count). The summed E-state index contributed by atoms with van der Waals surface area (Å²) in [6.07, 6.45) is 2.70. The number of hydrogen-bond donors (Lipinski definition) is 0. The van der Waals surface area contributed by atoms with Gasteiger partial charge < -0.3 is 4.74 Å². The maximum absolute atomic E-state index is 5.77. The molecule has 0 aromatic rings. The lowest BCUT2D eigenvalue weighted by molar-refractivity contribution is 0.0932. The average Bonchev–Trinajstić information content (AvgIpc) is 2.18. The van der Waals surface area contributed by atoms with Crippen LogP contribution in [0, 0.1) is 0 Å². The van der Waals surface area contributed by atoms with Gasteiger partial charge in [0.05, 0.1) is 8.07 Å². The van der Waals surface area contributed by atoms with E-state index in [1.165, 1.54) is 12.8 Å². The summed E-state index contributed by atoms with van der Waals surface area (Å²) in [6.45, 7) is 16.8. The van der Waals surface area contributed by atoms with E-state index in [9.17, 15) is 0 Å². The van der Waals surface area contributed by atoms with Crippen molar-refractivity contribution in [3.05, 3.63) is 0 Å². The SMILES string of the molecule is CC(C)[Si](C(C)C)(C(C)C)C1CCCOC1. The maximum atomic E-state index is 5.77. The Hall–Kier alpha value is 0.177. The molecule has 1 aliphatic rings. The van der Waals surface area contributed by atoms with Gasteiger partial charge in [-0.25, -0.2) is 0 Å². The molecule has 1 heterocycles. The summed E-state index contributed by atoms with van der Waals surface area (Å²) in [5.74, 6) is 0. The van der Waals surface area contributed by atoms with Crippen molar-refractivity contribution in [2.45, 2.75) is 76.5 Å². The highest BCUT2D eigenvalue weighted by Gasteiger charge is 2.48. The Kier molecular flexibility index (Phi) is 5.05. The van der Waals surface area contributed by atoms with Gasteiger partial charge in [-0.3, -0.25) is 0 Å². The first-order chi connectivity index (χ1) is 7.44. The molecule has 0 spiro atoms. The predicted molar refractivity (Wildman–Crippen MR) is 74.9 cm³/mol. The fourth-order valence-electron chi connectivity index (χ4n) is 4.55. The van der Waals surface area contributed by atoms with Crippen LogP contribution in [-0.2, 0) is 4.74 Å². The van der Waals surface area contributed by atoms with Crippen LogP contribution in [0.3, 0.4) is 0 Å². The second-order valence-corrected chi connectivity index (χ2v) is 12.7. The molecule has 0 saturated carbocycles. The van der Waals surface area contributed by atoms with Gasteiger partial charge in [0.25, 0.3) is 0 Å². The fraction of sp³-hybridized carbons (Fsp3) is 1.00. The highest BCUT2D eigenvalue weighted by molar-refractivity contribution is 6.84. The molecular weight excluding hydrogens is 212 g/mol. The third kappa shape index (κ3) is 2.38. The van der Waals surface area contributed by atoms with Gasteiger partial charge in [-0.15, -0.1) is 0 Å². The van der Waals surface area contributed by atoms with Gasteiger partial charge in [-0.2, -0.15) is 0 Å². The van der Waals surface area contributed by atoms with E-state index in [4.69, 9.17) is 4.74 Å². The van der Waals surface area contributed by atoms with Crippen LogP contribution in [-0.4, -0.2) is 21.3 Å². The van der Waals surface area contributed by atoms with Crippen LogP contribution in [0.15, 0.2) is 0 Å². The normalized spacial score (nSPS) is 23.4. The molecule has 1 aliphatic heterocycles. The van der Waals surface area contributed by atoms with Crippen LogP contribution in [0.1, 0.15) is 54.4 Å². The average molecular weight is 242 g/mol. The number of hydrogen-bond acceptors (Lipinski definition) is 1. The van der Waals surface area contributed by atoms with Crippen LogP contribution in [0.5, 0.6) is 0 Å². The van der Waals surface area contributed by atoms with Crippen LogP contribution in [0.4, 0.5) is 0 Å². The van der Waals surface area contributed by atoms with Crippen molar-refractivity contribution in [1.29, 1.82) is 0 Å². The van der Waals surface area contributed by atoms with Crippen LogP contribution in [0.25, 0.3) is 0 Å². The number of rotatable bonds is 4. The van der Waals surface area contributed by atoms with Gasteiger partial charge in [0, 0.05) is 13.2 Å². The molecule has 1 unspecified atom stereocenters. The van der Waals surface area contributed by atoms with Gasteiger partial charge >= 0.3 is 0 Å². The van der Waals surface area contributed by atoms with Crippen molar-refractivity contribution in [2.24, 2.45) is 0 Å². The molecule has 2 heteroatoms. The van der Waals surface area contributed by atoms with Crippen LogP contribution < -0.4 is 0 Å². The van der Waals surface area contributed by atoms with Gasteiger partial charge in [0.1, 0.15) is 0 Å². The van der Waals surface area contributed by atoms with Gasteiger partial charge in [-0.05, 0) is 18.4 Å². The molecule has 96 valence electrons. The zero-order valence-electron chi connectivity index (χ0n) is 12.0. The lowest BCUT2D eigenvalue weighted by atomic mass is 10.2. The van der Waals surface area contributed by atoms with Crippen molar-refractivity contribution in [2.75, 3.05) is 13.2 Å². The van der Waals surface area contributed by atoms with Crippen molar-refractivity contribution < 1.29 is 4.74 Å². The van der Waals surface area contributed by atoms with E-state index in [1.54, 1.807) is 0 Å². The quantitative estimate of drug-likeness (QED) is 0.641. The van der Waals surface area contributed by atoms with Crippen molar-refractivity contribution >= 4 is 8.07 Å². The van der Waals surface area contributed by atoms with Gasteiger partial charge in [0.2, 0.25) is 0 Å². The molecule has 0 bridgehead atoms. The second-order valence-electron chi connectivity index (χ2n) is 6.38. The standard InChI is InChI=1S/C14H30OSi/c1-11(2)16(12(3)4,13(5)6)14-8-7-9-15-10-14/h11-14H,7-10H2,1-6H3. The summed E-state index contributed by atoms with van der Waals surface area (Å²) >= 11 is 0. The molecule has 1 atom stereocenters. The number of ether oxygens (including phenoxy) is 1. The lowest BCUT2D eigenvalue weighted by Gasteiger charge is -2.50. The Morgan fingerprint density at radius 3 is 1.75 bits per heavy atom. The van der Waals surface area contributed by atoms with Crippen molar-refractivity contribution in [3.63, 3.8) is 0 Å². The van der Waals surface area contributed by atoms with E-state index < -0.39 is 8.07 Å². The first-order valence-electron chi connectivity index (χ1n) is 7.01. The molecule has 1 fully saturated rings. The van der Waals surface area contributed by atoms with Crippen LogP contribution in [0.2, 0.25) is 22.2 Å². The Bertz CT molecular complexity index is 183. The minimum absolute atomic E-state index is 0.874. The van der Waals surface area contributed by atoms with E-state index in [0.717, 1.165) is 35.4 Å². The Morgan fingerprint density at radius 2 is 1.44 bits per heavy atom. The molecule has 0 N–H and O–H groups in total. The third-order valence-electron chi connectivity index (χ3n) is 4.87. The zero-order chi connectivity index (χ0) is 12.3. The molecule has 16 heavy (non-hydrogen) atoms.